The van der Waals surface area contributed by atoms with Crippen LogP contribution in [0.25, 0.3) is 0 Å². The van der Waals surface area contributed by atoms with Gasteiger partial charge in [0.05, 0.1) is 5.56 Å². The summed E-state index contributed by atoms with van der Waals surface area (Å²) in [5.41, 5.74) is 7.50. The number of ether oxygens (including phenoxy) is 1. The summed E-state index contributed by atoms with van der Waals surface area (Å²) in [6.45, 7) is 1.62. The quantitative estimate of drug-likeness (QED) is 0.693. The molecule has 0 aliphatic rings. The van der Waals surface area contributed by atoms with E-state index in [1.807, 2.05) is 0 Å². The third-order valence-electron chi connectivity index (χ3n) is 2.86. The first-order valence-corrected chi connectivity index (χ1v) is 6.32. The summed E-state index contributed by atoms with van der Waals surface area (Å²) < 4.78 is 18.6. The van der Waals surface area contributed by atoms with Gasteiger partial charge in [-0.15, -0.1) is 0 Å². The zero-order chi connectivity index (χ0) is 14.7. The van der Waals surface area contributed by atoms with Gasteiger partial charge >= 0.3 is 5.97 Å². The third kappa shape index (κ3) is 3.27. The molecule has 0 heterocycles. The van der Waals surface area contributed by atoms with Crippen molar-refractivity contribution in [2.75, 3.05) is 5.73 Å². The molecule has 0 aliphatic carbocycles. The summed E-state index contributed by atoms with van der Waals surface area (Å²) in [7, 11) is 0. The minimum atomic E-state index is -0.538. The van der Waals surface area contributed by atoms with Crippen molar-refractivity contribution in [2.45, 2.75) is 13.5 Å². The van der Waals surface area contributed by atoms with Gasteiger partial charge in [0.15, 0.2) is 0 Å². The number of nitrogens with two attached hydrogens (primary N) is 1. The van der Waals surface area contributed by atoms with Crippen LogP contribution in [0.1, 0.15) is 21.5 Å². The highest BCUT2D eigenvalue weighted by Crippen LogP contribution is 2.18. The highest BCUT2D eigenvalue weighted by atomic mass is 35.5. The van der Waals surface area contributed by atoms with Crippen molar-refractivity contribution in [2.24, 2.45) is 0 Å². The largest absolute Gasteiger partial charge is 0.457 e. The smallest absolute Gasteiger partial charge is 0.338 e. The van der Waals surface area contributed by atoms with Gasteiger partial charge in [0.25, 0.3) is 0 Å². The van der Waals surface area contributed by atoms with Crippen LogP contribution < -0.4 is 5.73 Å². The van der Waals surface area contributed by atoms with Crippen LogP contribution in [-0.2, 0) is 11.3 Å². The summed E-state index contributed by atoms with van der Waals surface area (Å²) in [6, 6.07) is 9.17. The molecule has 2 aromatic carbocycles. The molecule has 104 valence electrons. The third-order valence-corrected chi connectivity index (χ3v) is 3.09. The minimum Gasteiger partial charge on any atom is -0.457 e. The lowest BCUT2D eigenvalue weighted by Gasteiger charge is -2.08. The number of esters is 1. The fraction of sp³-hybridized carbons (Fsp3) is 0.133. The Labute approximate surface area is 121 Å². The van der Waals surface area contributed by atoms with Gasteiger partial charge in [-0.25, -0.2) is 9.18 Å². The lowest BCUT2D eigenvalue weighted by molar-refractivity contribution is 0.0468. The highest BCUT2D eigenvalue weighted by Gasteiger charge is 2.12. The second kappa shape index (κ2) is 5.92. The summed E-state index contributed by atoms with van der Waals surface area (Å²) in [4.78, 5) is 11.9. The van der Waals surface area contributed by atoms with Crippen molar-refractivity contribution in [3.8, 4) is 0 Å². The predicted molar refractivity (Wildman–Crippen MR) is 76.1 cm³/mol. The molecule has 0 saturated heterocycles. The van der Waals surface area contributed by atoms with Gasteiger partial charge in [0.2, 0.25) is 0 Å². The van der Waals surface area contributed by atoms with Crippen molar-refractivity contribution in [3.63, 3.8) is 0 Å². The Morgan fingerprint density at radius 2 is 2.05 bits per heavy atom. The number of benzene rings is 2. The number of halogens is 2. The maximum Gasteiger partial charge on any atom is 0.338 e. The van der Waals surface area contributed by atoms with E-state index in [0.717, 1.165) is 5.56 Å². The summed E-state index contributed by atoms with van der Waals surface area (Å²) in [6.07, 6.45) is 0. The summed E-state index contributed by atoms with van der Waals surface area (Å²) in [5.74, 6) is -1.04. The molecule has 2 rings (SSSR count). The van der Waals surface area contributed by atoms with Gasteiger partial charge in [-0.3, -0.25) is 0 Å². The first-order valence-electron chi connectivity index (χ1n) is 5.94. The molecule has 0 aliphatic heterocycles. The van der Waals surface area contributed by atoms with Crippen LogP contribution in [0.3, 0.4) is 0 Å². The number of anilines is 1. The number of carbonyl (C=O) groups is 1. The number of nitrogen functional groups attached to an aromatic ring is 1. The molecule has 0 amide bonds. The fourth-order valence-corrected chi connectivity index (χ4v) is 1.88. The first-order chi connectivity index (χ1) is 9.47. The molecule has 0 fully saturated rings. The van der Waals surface area contributed by atoms with E-state index in [9.17, 15) is 9.18 Å². The summed E-state index contributed by atoms with van der Waals surface area (Å²) >= 11 is 5.65. The highest BCUT2D eigenvalue weighted by molar-refractivity contribution is 6.30. The van der Waals surface area contributed by atoms with E-state index >= 15 is 0 Å². The van der Waals surface area contributed by atoms with Crippen molar-refractivity contribution in [3.05, 3.63) is 63.9 Å². The standard InChI is InChI=1S/C15H13ClFNO2/c1-9-2-5-12(18)7-13(9)15(19)20-8-10-3-4-11(16)6-14(10)17/h2-7H,8,18H2,1H3. The molecule has 5 heteroatoms. The van der Waals surface area contributed by atoms with Crippen molar-refractivity contribution in [1.29, 1.82) is 0 Å². The second-order valence-corrected chi connectivity index (χ2v) is 4.82. The number of hydrogen-bond donors (Lipinski definition) is 1. The van der Waals surface area contributed by atoms with Gasteiger partial charge in [0, 0.05) is 16.3 Å². The average molecular weight is 294 g/mol. The molecule has 2 N–H and O–H groups in total. The minimum absolute atomic E-state index is 0.157. The molecule has 20 heavy (non-hydrogen) atoms. The van der Waals surface area contributed by atoms with E-state index in [-0.39, 0.29) is 12.2 Å². The number of hydrogen-bond acceptors (Lipinski definition) is 3. The van der Waals surface area contributed by atoms with Crippen LogP contribution in [-0.4, -0.2) is 5.97 Å². The van der Waals surface area contributed by atoms with Crippen molar-refractivity contribution >= 4 is 23.3 Å². The van der Waals surface area contributed by atoms with Crippen molar-refractivity contribution in [1.82, 2.24) is 0 Å². The normalized spacial score (nSPS) is 10.3. The first kappa shape index (κ1) is 14.3. The molecule has 0 spiro atoms. The van der Waals surface area contributed by atoms with Gasteiger partial charge in [-0.1, -0.05) is 23.7 Å². The molecular weight excluding hydrogens is 281 g/mol. The predicted octanol–water partition coefficient (Wildman–Crippen LogP) is 3.73. The van der Waals surface area contributed by atoms with Gasteiger partial charge in [-0.2, -0.15) is 0 Å². The topological polar surface area (TPSA) is 52.3 Å². The van der Waals surface area contributed by atoms with E-state index in [0.29, 0.717) is 16.3 Å². The van der Waals surface area contributed by atoms with E-state index in [2.05, 4.69) is 0 Å². The number of rotatable bonds is 3. The van der Waals surface area contributed by atoms with Gasteiger partial charge < -0.3 is 10.5 Å². The van der Waals surface area contributed by atoms with Gasteiger partial charge in [0.1, 0.15) is 12.4 Å². The number of carbonyl (C=O) groups excluding carboxylic acids is 1. The van der Waals surface area contributed by atoms with E-state index in [1.165, 1.54) is 18.2 Å². The molecule has 0 aromatic heterocycles. The SMILES string of the molecule is Cc1ccc(N)cc1C(=O)OCc1ccc(Cl)cc1F. The Morgan fingerprint density at radius 1 is 1.30 bits per heavy atom. The van der Waals surface area contributed by atoms with Crippen molar-refractivity contribution < 1.29 is 13.9 Å². The van der Waals surface area contributed by atoms with Gasteiger partial charge in [-0.05, 0) is 36.8 Å². The fourth-order valence-electron chi connectivity index (χ4n) is 1.72. The lowest BCUT2D eigenvalue weighted by Crippen LogP contribution is -2.08. The zero-order valence-electron chi connectivity index (χ0n) is 10.8. The van der Waals surface area contributed by atoms with Crippen LogP contribution in [0, 0.1) is 12.7 Å². The molecule has 2 aromatic rings. The Hall–Kier alpha value is -2.07. The molecular formula is C15H13ClFNO2. The number of aryl methyl sites for hydroxylation is 1. The van der Waals surface area contributed by atoms with Crippen LogP contribution in [0.2, 0.25) is 5.02 Å². The molecule has 0 atom stereocenters. The second-order valence-electron chi connectivity index (χ2n) is 4.39. The Balaban J connectivity index is 2.10. The van der Waals surface area contributed by atoms with E-state index in [1.54, 1.807) is 25.1 Å². The van der Waals surface area contributed by atoms with Crippen LogP contribution in [0.15, 0.2) is 36.4 Å². The Bertz CT molecular complexity index is 658. The van der Waals surface area contributed by atoms with E-state index in [4.69, 9.17) is 22.1 Å². The Morgan fingerprint density at radius 3 is 2.75 bits per heavy atom. The van der Waals surface area contributed by atoms with Crippen LogP contribution in [0.5, 0.6) is 0 Å². The molecule has 0 unspecified atom stereocenters. The monoisotopic (exact) mass is 293 g/mol. The lowest BCUT2D eigenvalue weighted by atomic mass is 10.1. The zero-order valence-corrected chi connectivity index (χ0v) is 11.6. The molecule has 0 radical (unpaired) electrons. The Kier molecular flexibility index (Phi) is 4.25. The maximum absolute atomic E-state index is 13.6. The molecule has 0 saturated carbocycles. The molecule has 0 bridgehead atoms. The summed E-state index contributed by atoms with van der Waals surface area (Å²) in [5, 5.41) is 0.296. The van der Waals surface area contributed by atoms with Crippen LogP contribution in [0.4, 0.5) is 10.1 Å². The van der Waals surface area contributed by atoms with E-state index < -0.39 is 11.8 Å². The molecule has 3 nitrogen and oxygen atoms in total. The van der Waals surface area contributed by atoms with Crippen LogP contribution >= 0.6 is 11.6 Å². The maximum atomic E-state index is 13.6. The average Bonchev–Trinajstić information content (AvgIpc) is 2.40.